The number of anilines is 3. The SMILES string of the molecule is CC.CN.Fc1ccc(Nc2ncnc3cc4c(cc23)NCCCO4)cc1Cl. The molecule has 1 aromatic heterocycles. The van der Waals surface area contributed by atoms with E-state index >= 15 is 0 Å². The minimum absolute atomic E-state index is 0.0577. The van der Waals surface area contributed by atoms with E-state index in [1.54, 1.807) is 6.07 Å². The van der Waals surface area contributed by atoms with Gasteiger partial charge in [0.15, 0.2) is 0 Å². The summed E-state index contributed by atoms with van der Waals surface area (Å²) in [4.78, 5) is 8.61. The third-order valence-corrected chi connectivity index (χ3v) is 4.10. The second-order valence-electron chi connectivity index (χ2n) is 5.47. The van der Waals surface area contributed by atoms with Crippen molar-refractivity contribution in [1.82, 2.24) is 9.97 Å². The van der Waals surface area contributed by atoms with Crippen LogP contribution < -0.4 is 21.1 Å². The van der Waals surface area contributed by atoms with Crippen molar-refractivity contribution in [2.24, 2.45) is 5.73 Å². The van der Waals surface area contributed by atoms with Crippen LogP contribution in [-0.4, -0.2) is 30.2 Å². The molecule has 0 fully saturated rings. The summed E-state index contributed by atoms with van der Waals surface area (Å²) < 4.78 is 19.1. The van der Waals surface area contributed by atoms with Gasteiger partial charge in [-0.2, -0.15) is 0 Å². The Bertz CT molecular complexity index is 922. The van der Waals surface area contributed by atoms with Crippen molar-refractivity contribution < 1.29 is 9.13 Å². The van der Waals surface area contributed by atoms with Crippen LogP contribution in [0.5, 0.6) is 5.75 Å². The summed E-state index contributed by atoms with van der Waals surface area (Å²) in [6.07, 6.45) is 2.42. The van der Waals surface area contributed by atoms with Gasteiger partial charge in [-0.25, -0.2) is 14.4 Å². The largest absolute Gasteiger partial charge is 0.491 e. The van der Waals surface area contributed by atoms with Crippen LogP contribution >= 0.6 is 11.6 Å². The normalized spacial score (nSPS) is 12.1. The van der Waals surface area contributed by atoms with Gasteiger partial charge in [-0.15, -0.1) is 0 Å². The Morgan fingerprint density at radius 3 is 2.71 bits per heavy atom. The van der Waals surface area contributed by atoms with Crippen molar-refractivity contribution in [1.29, 1.82) is 0 Å². The second-order valence-corrected chi connectivity index (χ2v) is 5.88. The van der Waals surface area contributed by atoms with E-state index in [1.807, 2.05) is 26.0 Å². The van der Waals surface area contributed by atoms with E-state index in [2.05, 4.69) is 26.3 Å². The van der Waals surface area contributed by atoms with Crippen molar-refractivity contribution in [3.8, 4) is 5.75 Å². The highest BCUT2D eigenvalue weighted by atomic mass is 35.5. The molecule has 0 bridgehead atoms. The van der Waals surface area contributed by atoms with E-state index < -0.39 is 5.82 Å². The average molecular weight is 406 g/mol. The molecule has 0 saturated heterocycles. The van der Waals surface area contributed by atoms with Crippen LogP contribution in [0, 0.1) is 5.82 Å². The minimum atomic E-state index is -0.457. The number of hydrogen-bond acceptors (Lipinski definition) is 6. The predicted molar refractivity (Wildman–Crippen MR) is 114 cm³/mol. The van der Waals surface area contributed by atoms with Crippen LogP contribution in [0.15, 0.2) is 36.7 Å². The quantitative estimate of drug-likeness (QED) is 0.558. The number of nitrogens with one attached hydrogen (secondary N) is 2. The summed E-state index contributed by atoms with van der Waals surface area (Å²) in [6, 6.07) is 8.31. The maximum atomic E-state index is 13.3. The Morgan fingerprint density at radius 2 is 1.96 bits per heavy atom. The van der Waals surface area contributed by atoms with E-state index in [4.69, 9.17) is 16.3 Å². The Hall–Kier alpha value is -2.64. The van der Waals surface area contributed by atoms with Gasteiger partial charge in [0, 0.05) is 23.7 Å². The highest BCUT2D eigenvalue weighted by Gasteiger charge is 2.13. The first-order valence-electron chi connectivity index (χ1n) is 9.16. The highest BCUT2D eigenvalue weighted by Crippen LogP contribution is 2.34. The number of rotatable bonds is 2. The van der Waals surface area contributed by atoms with Gasteiger partial charge in [0.1, 0.15) is 23.7 Å². The van der Waals surface area contributed by atoms with Gasteiger partial charge in [-0.1, -0.05) is 25.4 Å². The molecule has 0 radical (unpaired) electrons. The smallest absolute Gasteiger partial charge is 0.144 e. The first-order chi connectivity index (χ1) is 13.7. The van der Waals surface area contributed by atoms with Crippen molar-refractivity contribution in [3.05, 3.63) is 47.5 Å². The fourth-order valence-corrected chi connectivity index (χ4v) is 2.81. The van der Waals surface area contributed by atoms with Gasteiger partial charge >= 0.3 is 0 Å². The van der Waals surface area contributed by atoms with Crippen LogP contribution in [0.1, 0.15) is 20.3 Å². The van der Waals surface area contributed by atoms with Crippen molar-refractivity contribution in [2.75, 3.05) is 30.8 Å². The molecule has 0 aliphatic carbocycles. The molecule has 2 heterocycles. The Morgan fingerprint density at radius 1 is 1.18 bits per heavy atom. The van der Waals surface area contributed by atoms with Crippen LogP contribution in [0.4, 0.5) is 21.6 Å². The number of fused-ring (bicyclic) bond motifs is 2. The van der Waals surface area contributed by atoms with Crippen molar-refractivity contribution in [3.63, 3.8) is 0 Å². The van der Waals surface area contributed by atoms with E-state index in [0.29, 0.717) is 18.1 Å². The molecule has 0 unspecified atom stereocenters. The molecule has 0 saturated carbocycles. The molecule has 1 aliphatic heterocycles. The monoisotopic (exact) mass is 405 g/mol. The number of nitrogens with zero attached hydrogens (tertiary/aromatic N) is 2. The second kappa shape index (κ2) is 10.6. The van der Waals surface area contributed by atoms with Gasteiger partial charge in [0.2, 0.25) is 0 Å². The predicted octanol–water partition coefficient (Wildman–Crippen LogP) is 4.96. The number of nitrogens with two attached hydrogens (primary N) is 1. The number of hydrogen-bond donors (Lipinski definition) is 3. The first kappa shape index (κ1) is 21.7. The van der Waals surface area contributed by atoms with Crippen molar-refractivity contribution in [2.45, 2.75) is 20.3 Å². The lowest BCUT2D eigenvalue weighted by Gasteiger charge is -2.12. The van der Waals surface area contributed by atoms with Crippen LogP contribution in [-0.2, 0) is 0 Å². The molecule has 6 nitrogen and oxygen atoms in total. The maximum absolute atomic E-state index is 13.3. The summed E-state index contributed by atoms with van der Waals surface area (Å²) in [5, 5.41) is 7.41. The average Bonchev–Trinajstić information content (AvgIpc) is 2.97. The number of ether oxygens (including phenoxy) is 1. The molecule has 4 rings (SSSR count). The summed E-state index contributed by atoms with van der Waals surface area (Å²) in [5.74, 6) is 0.951. The van der Waals surface area contributed by atoms with Gasteiger partial charge in [0.05, 0.1) is 22.8 Å². The topological polar surface area (TPSA) is 85.1 Å². The molecule has 1 aliphatic rings. The zero-order valence-corrected chi connectivity index (χ0v) is 17.0. The van der Waals surface area contributed by atoms with Gasteiger partial charge in [0.25, 0.3) is 0 Å². The lowest BCUT2D eigenvalue weighted by molar-refractivity contribution is 0.323. The Kier molecular flexibility index (Phi) is 8.22. The summed E-state index contributed by atoms with van der Waals surface area (Å²) in [5.41, 5.74) is 6.83. The molecule has 8 heteroatoms. The molecule has 4 N–H and O–H groups in total. The summed E-state index contributed by atoms with van der Waals surface area (Å²) >= 11 is 5.84. The van der Waals surface area contributed by atoms with E-state index in [-0.39, 0.29) is 5.02 Å². The Labute approximate surface area is 169 Å². The Balaban J connectivity index is 0.000000660. The van der Waals surface area contributed by atoms with Gasteiger partial charge in [-0.3, -0.25) is 0 Å². The molecule has 0 atom stereocenters. The highest BCUT2D eigenvalue weighted by molar-refractivity contribution is 6.31. The molecule has 28 heavy (non-hydrogen) atoms. The first-order valence-corrected chi connectivity index (χ1v) is 9.54. The third kappa shape index (κ3) is 4.99. The van der Waals surface area contributed by atoms with E-state index in [9.17, 15) is 4.39 Å². The zero-order valence-electron chi connectivity index (χ0n) is 16.2. The molecular weight excluding hydrogens is 381 g/mol. The molecular formula is C20H25ClFN5O. The molecule has 0 amide bonds. The van der Waals surface area contributed by atoms with E-state index in [0.717, 1.165) is 35.3 Å². The standard InChI is InChI=1S/C17H14ClFN4O.C2H6.CH5N/c18-12-6-10(2-3-13(12)19)23-17-11-7-15-16(24-5-1-4-20-15)8-14(11)21-9-22-17;2*1-2/h2-3,6-9,20H,1,4-5H2,(H,21,22,23);1-2H3;2H2,1H3. The van der Waals surface area contributed by atoms with Crippen molar-refractivity contribution >= 4 is 39.7 Å². The van der Waals surface area contributed by atoms with Crippen LogP contribution in [0.25, 0.3) is 10.9 Å². The number of halogens is 2. The molecule has 2 aromatic carbocycles. The molecule has 0 spiro atoms. The van der Waals surface area contributed by atoms with Gasteiger partial charge in [-0.05, 0) is 37.7 Å². The van der Waals surface area contributed by atoms with Gasteiger partial charge < -0.3 is 21.1 Å². The van der Waals surface area contributed by atoms with E-state index in [1.165, 1.54) is 25.5 Å². The fourth-order valence-electron chi connectivity index (χ4n) is 2.63. The maximum Gasteiger partial charge on any atom is 0.144 e. The lowest BCUT2D eigenvalue weighted by atomic mass is 10.2. The minimum Gasteiger partial charge on any atom is -0.491 e. The molecule has 3 aromatic rings. The zero-order chi connectivity index (χ0) is 20.5. The molecule has 150 valence electrons. The van der Waals surface area contributed by atoms with Crippen LogP contribution in [0.2, 0.25) is 5.02 Å². The fraction of sp³-hybridized carbons (Fsp3) is 0.300. The lowest BCUT2D eigenvalue weighted by Crippen LogP contribution is -2.00. The summed E-state index contributed by atoms with van der Waals surface area (Å²) in [7, 11) is 1.50. The number of benzene rings is 2. The summed E-state index contributed by atoms with van der Waals surface area (Å²) in [6.45, 7) is 5.53. The van der Waals surface area contributed by atoms with Crippen LogP contribution in [0.3, 0.4) is 0 Å². The third-order valence-electron chi connectivity index (χ3n) is 3.81. The number of aromatic nitrogens is 2.